The monoisotopic (exact) mass is 292 g/mol. The Morgan fingerprint density at radius 1 is 1.30 bits per heavy atom. The fourth-order valence-electron chi connectivity index (χ4n) is 4.02. The SMILES string of the molecule is COC(=O)C1(C2CC2c2cccc(Cl)c2)CCCCC1. The molecule has 2 unspecified atom stereocenters. The number of hydrogen-bond donors (Lipinski definition) is 0. The summed E-state index contributed by atoms with van der Waals surface area (Å²) < 4.78 is 5.14. The minimum atomic E-state index is -0.236. The maximum Gasteiger partial charge on any atom is 0.312 e. The van der Waals surface area contributed by atoms with Crippen LogP contribution in [0.2, 0.25) is 5.02 Å². The van der Waals surface area contributed by atoms with Gasteiger partial charge in [0.2, 0.25) is 0 Å². The molecule has 0 spiro atoms. The van der Waals surface area contributed by atoms with E-state index in [1.54, 1.807) is 0 Å². The molecule has 2 aliphatic rings. The second kappa shape index (κ2) is 5.40. The van der Waals surface area contributed by atoms with Gasteiger partial charge in [0.25, 0.3) is 0 Å². The summed E-state index contributed by atoms with van der Waals surface area (Å²) in [6.45, 7) is 0. The molecular formula is C17H21ClO2. The first-order chi connectivity index (χ1) is 9.67. The van der Waals surface area contributed by atoms with Crippen LogP contribution in [0, 0.1) is 11.3 Å². The van der Waals surface area contributed by atoms with Crippen molar-refractivity contribution in [1.82, 2.24) is 0 Å². The molecule has 2 atom stereocenters. The fraction of sp³-hybridized carbons (Fsp3) is 0.588. The highest BCUT2D eigenvalue weighted by molar-refractivity contribution is 6.30. The molecule has 20 heavy (non-hydrogen) atoms. The van der Waals surface area contributed by atoms with E-state index in [2.05, 4.69) is 6.07 Å². The van der Waals surface area contributed by atoms with E-state index in [1.165, 1.54) is 19.1 Å². The van der Waals surface area contributed by atoms with Crippen molar-refractivity contribution in [3.63, 3.8) is 0 Å². The number of carbonyl (C=O) groups is 1. The number of ether oxygens (including phenoxy) is 1. The summed E-state index contributed by atoms with van der Waals surface area (Å²) in [4.78, 5) is 12.4. The normalized spacial score (nSPS) is 27.9. The number of benzene rings is 1. The molecule has 3 heteroatoms. The van der Waals surface area contributed by atoms with Crippen molar-refractivity contribution in [2.75, 3.05) is 7.11 Å². The lowest BCUT2D eigenvalue weighted by atomic mass is 9.69. The Kier molecular flexibility index (Phi) is 3.76. The Hall–Kier alpha value is -1.02. The molecule has 1 aromatic carbocycles. The number of esters is 1. The van der Waals surface area contributed by atoms with E-state index in [-0.39, 0.29) is 11.4 Å². The molecule has 2 aliphatic carbocycles. The van der Waals surface area contributed by atoms with Gasteiger partial charge in [0.05, 0.1) is 12.5 Å². The van der Waals surface area contributed by atoms with Gasteiger partial charge in [-0.3, -0.25) is 4.79 Å². The van der Waals surface area contributed by atoms with Crippen molar-refractivity contribution in [3.8, 4) is 0 Å². The van der Waals surface area contributed by atoms with Gasteiger partial charge >= 0.3 is 5.97 Å². The predicted molar refractivity (Wildman–Crippen MR) is 79.8 cm³/mol. The Morgan fingerprint density at radius 2 is 2.05 bits per heavy atom. The predicted octanol–water partition coefficient (Wildman–Crippen LogP) is 4.57. The van der Waals surface area contributed by atoms with Crippen LogP contribution in [-0.2, 0) is 9.53 Å². The molecule has 2 saturated carbocycles. The zero-order valence-corrected chi connectivity index (χ0v) is 12.7. The minimum absolute atomic E-state index is 0.00623. The fourth-order valence-corrected chi connectivity index (χ4v) is 4.22. The Balaban J connectivity index is 1.82. The highest BCUT2D eigenvalue weighted by Gasteiger charge is 2.57. The van der Waals surface area contributed by atoms with E-state index >= 15 is 0 Å². The number of carbonyl (C=O) groups excluding carboxylic acids is 1. The van der Waals surface area contributed by atoms with Crippen molar-refractivity contribution < 1.29 is 9.53 Å². The molecule has 2 fully saturated rings. The van der Waals surface area contributed by atoms with Crippen LogP contribution in [0.1, 0.15) is 50.0 Å². The summed E-state index contributed by atoms with van der Waals surface area (Å²) >= 11 is 6.08. The van der Waals surface area contributed by atoms with Crippen molar-refractivity contribution in [2.24, 2.45) is 11.3 Å². The topological polar surface area (TPSA) is 26.3 Å². The van der Waals surface area contributed by atoms with E-state index in [4.69, 9.17) is 16.3 Å². The lowest BCUT2D eigenvalue weighted by molar-refractivity contribution is -0.156. The van der Waals surface area contributed by atoms with Crippen LogP contribution < -0.4 is 0 Å². The minimum Gasteiger partial charge on any atom is -0.469 e. The van der Waals surface area contributed by atoms with Gasteiger partial charge in [0.1, 0.15) is 0 Å². The molecule has 108 valence electrons. The zero-order chi connectivity index (χ0) is 14.2. The lowest BCUT2D eigenvalue weighted by Crippen LogP contribution is -2.37. The van der Waals surface area contributed by atoms with E-state index < -0.39 is 0 Å². The third-order valence-electron chi connectivity index (χ3n) is 5.11. The third-order valence-corrected chi connectivity index (χ3v) is 5.35. The summed E-state index contributed by atoms with van der Waals surface area (Å²) in [5.41, 5.74) is 1.04. The standard InChI is InChI=1S/C17H21ClO2/c1-20-16(19)17(8-3-2-4-9-17)15-11-14(15)12-6-5-7-13(18)10-12/h5-7,10,14-15H,2-4,8-9,11H2,1H3. The molecule has 1 aromatic rings. The molecule has 0 radical (unpaired) electrons. The number of methoxy groups -OCH3 is 1. The van der Waals surface area contributed by atoms with Crippen LogP contribution in [-0.4, -0.2) is 13.1 Å². The van der Waals surface area contributed by atoms with Crippen LogP contribution in [0.3, 0.4) is 0 Å². The Morgan fingerprint density at radius 3 is 2.70 bits per heavy atom. The Labute approximate surface area is 125 Å². The molecule has 3 rings (SSSR count). The van der Waals surface area contributed by atoms with Crippen LogP contribution >= 0.6 is 11.6 Å². The summed E-state index contributed by atoms with van der Waals surface area (Å²) in [5.74, 6) is 0.923. The molecule has 0 saturated heterocycles. The van der Waals surface area contributed by atoms with Gasteiger partial charge in [0, 0.05) is 5.02 Å². The van der Waals surface area contributed by atoms with Gasteiger partial charge in [-0.1, -0.05) is 43.0 Å². The molecule has 0 aromatic heterocycles. The number of halogens is 1. The maximum atomic E-state index is 12.4. The van der Waals surface area contributed by atoms with Gasteiger partial charge in [-0.05, 0) is 48.8 Å². The van der Waals surface area contributed by atoms with E-state index in [1.807, 2.05) is 18.2 Å². The van der Waals surface area contributed by atoms with Crippen LogP contribution in [0.25, 0.3) is 0 Å². The van der Waals surface area contributed by atoms with Gasteiger partial charge in [0.15, 0.2) is 0 Å². The zero-order valence-electron chi connectivity index (χ0n) is 11.9. The first-order valence-corrected chi connectivity index (χ1v) is 7.89. The van der Waals surface area contributed by atoms with Gasteiger partial charge in [-0.25, -0.2) is 0 Å². The average molecular weight is 293 g/mol. The highest BCUT2D eigenvalue weighted by atomic mass is 35.5. The summed E-state index contributed by atoms with van der Waals surface area (Å²) in [5, 5.41) is 0.781. The summed E-state index contributed by atoms with van der Waals surface area (Å²) in [6, 6.07) is 8.07. The quantitative estimate of drug-likeness (QED) is 0.763. The molecule has 0 amide bonds. The number of rotatable bonds is 3. The third kappa shape index (κ3) is 2.35. The first kappa shape index (κ1) is 13.9. The molecule has 2 nitrogen and oxygen atoms in total. The lowest BCUT2D eigenvalue weighted by Gasteiger charge is -2.35. The largest absolute Gasteiger partial charge is 0.469 e. The average Bonchev–Trinajstić information content (AvgIpc) is 3.28. The van der Waals surface area contributed by atoms with Gasteiger partial charge in [-0.15, -0.1) is 0 Å². The Bertz CT molecular complexity index is 505. The van der Waals surface area contributed by atoms with Crippen molar-refractivity contribution >= 4 is 17.6 Å². The van der Waals surface area contributed by atoms with Crippen molar-refractivity contribution in [2.45, 2.75) is 44.4 Å². The van der Waals surface area contributed by atoms with Gasteiger partial charge in [-0.2, -0.15) is 0 Å². The van der Waals surface area contributed by atoms with Crippen molar-refractivity contribution in [3.05, 3.63) is 34.9 Å². The van der Waals surface area contributed by atoms with E-state index in [9.17, 15) is 4.79 Å². The summed E-state index contributed by atoms with van der Waals surface area (Å²) in [7, 11) is 1.52. The van der Waals surface area contributed by atoms with Crippen LogP contribution in [0.4, 0.5) is 0 Å². The van der Waals surface area contributed by atoms with E-state index in [0.29, 0.717) is 11.8 Å². The van der Waals surface area contributed by atoms with Crippen LogP contribution in [0.5, 0.6) is 0 Å². The second-order valence-electron chi connectivity index (χ2n) is 6.21. The van der Waals surface area contributed by atoms with Crippen LogP contribution in [0.15, 0.2) is 24.3 Å². The second-order valence-corrected chi connectivity index (χ2v) is 6.65. The molecule has 0 aliphatic heterocycles. The molecule has 0 N–H and O–H groups in total. The van der Waals surface area contributed by atoms with Gasteiger partial charge < -0.3 is 4.74 Å². The van der Waals surface area contributed by atoms with E-state index in [0.717, 1.165) is 37.1 Å². The number of hydrogen-bond acceptors (Lipinski definition) is 2. The van der Waals surface area contributed by atoms with Crippen molar-refractivity contribution in [1.29, 1.82) is 0 Å². The first-order valence-electron chi connectivity index (χ1n) is 7.51. The maximum absolute atomic E-state index is 12.4. The highest BCUT2D eigenvalue weighted by Crippen LogP contribution is 2.62. The molecular weight excluding hydrogens is 272 g/mol. The molecule has 0 bridgehead atoms. The summed E-state index contributed by atoms with van der Waals surface area (Å²) in [6.07, 6.45) is 6.60. The molecule has 0 heterocycles. The smallest absolute Gasteiger partial charge is 0.312 e.